The second-order valence-electron chi connectivity index (χ2n) is 18.8. The number of hydrogen-bond donors (Lipinski definition) is 16. The third-order valence-electron chi connectivity index (χ3n) is 12.4. The SMILES string of the molecule is CC(=O)N[C@@H](CCCN=C(N)N)C(=O)N[C@H]1CCC(=O)NCCC[C@@H](C(N)=O)NC(=O)[C@H](Cc2c[nH]c3ccccc23)NC(=O)[C@H](CCCN=C(N)N)NC(=O)[C@@H](Cc2cccc(Cl)c2)NC(=O)[C@H](CCCN=C(N)N)NC1=O. The number of hydrogen-bond acceptors (Lipinski definition) is 12. The van der Waals surface area contributed by atoms with Crippen LogP contribution in [0, 0.1) is 0 Å². The van der Waals surface area contributed by atoms with E-state index in [1.54, 1.807) is 36.5 Å². The summed E-state index contributed by atoms with van der Waals surface area (Å²) in [6.07, 6.45) is 0.955. The van der Waals surface area contributed by atoms with Crippen LogP contribution in [0.4, 0.5) is 0 Å². The van der Waals surface area contributed by atoms with Gasteiger partial charge in [-0.15, -0.1) is 0 Å². The van der Waals surface area contributed by atoms with Crippen LogP contribution < -0.4 is 82.7 Å². The van der Waals surface area contributed by atoms with E-state index in [-0.39, 0.29) is 121 Å². The number of para-hydroxylation sites is 1. The second-order valence-corrected chi connectivity index (χ2v) is 19.2. The Bertz CT molecular complexity index is 2700. The molecule has 2 heterocycles. The largest absolute Gasteiger partial charge is 0.370 e. The summed E-state index contributed by atoms with van der Waals surface area (Å²) < 4.78 is 0. The molecule has 1 aromatic heterocycles. The molecule has 3 aromatic rings. The van der Waals surface area contributed by atoms with Crippen molar-refractivity contribution >= 4 is 93.5 Å². The molecule has 7 atom stereocenters. The van der Waals surface area contributed by atoms with Crippen molar-refractivity contribution in [2.24, 2.45) is 55.1 Å². The van der Waals surface area contributed by atoms with E-state index in [0.717, 1.165) is 10.9 Å². The van der Waals surface area contributed by atoms with Crippen LogP contribution >= 0.6 is 11.6 Å². The Hall–Kier alpha value is -8.69. The molecule has 0 bridgehead atoms. The second kappa shape index (κ2) is 32.1. The fourth-order valence-corrected chi connectivity index (χ4v) is 8.70. The van der Waals surface area contributed by atoms with Crippen molar-refractivity contribution in [3.8, 4) is 0 Å². The fraction of sp³-hybridized carbons (Fsp3) is 0.480. The van der Waals surface area contributed by atoms with Gasteiger partial charge in [-0.2, -0.15) is 0 Å². The van der Waals surface area contributed by atoms with Gasteiger partial charge in [0.1, 0.15) is 42.3 Å². The molecule has 9 amide bonds. The molecule has 0 unspecified atom stereocenters. The van der Waals surface area contributed by atoms with E-state index in [2.05, 4.69) is 62.5 Å². The highest BCUT2D eigenvalue weighted by molar-refractivity contribution is 6.30. The molecule has 430 valence electrons. The lowest BCUT2D eigenvalue weighted by Gasteiger charge is -2.28. The number of aliphatic imine (C=N–C) groups is 3. The molecule has 0 saturated carbocycles. The van der Waals surface area contributed by atoms with E-state index >= 15 is 0 Å². The Morgan fingerprint density at radius 1 is 0.671 bits per heavy atom. The number of amides is 9. The highest BCUT2D eigenvalue weighted by Gasteiger charge is 2.35. The van der Waals surface area contributed by atoms with E-state index in [1.807, 2.05) is 18.2 Å². The molecule has 28 nitrogen and oxygen atoms in total. The first-order valence-electron chi connectivity index (χ1n) is 25.7. The van der Waals surface area contributed by atoms with E-state index in [9.17, 15) is 43.2 Å². The predicted octanol–water partition coefficient (Wildman–Crippen LogP) is -3.64. The summed E-state index contributed by atoms with van der Waals surface area (Å²) in [4.78, 5) is 140. The van der Waals surface area contributed by atoms with E-state index in [0.29, 0.717) is 16.1 Å². The predicted molar refractivity (Wildman–Crippen MR) is 297 cm³/mol. The molecular weight excluding hydrogens is 1050 g/mol. The minimum atomic E-state index is -1.52. The van der Waals surface area contributed by atoms with Crippen molar-refractivity contribution in [2.45, 2.75) is 126 Å². The lowest BCUT2D eigenvalue weighted by atomic mass is 10.0. The van der Waals surface area contributed by atoms with Gasteiger partial charge in [0.2, 0.25) is 53.2 Å². The number of nitrogens with two attached hydrogens (primary N) is 7. The maximum atomic E-state index is 14.8. The van der Waals surface area contributed by atoms with Gasteiger partial charge in [-0.25, -0.2) is 0 Å². The number of H-pyrrole nitrogens is 1. The van der Waals surface area contributed by atoms with Crippen molar-refractivity contribution in [3.05, 3.63) is 70.9 Å². The van der Waals surface area contributed by atoms with Crippen molar-refractivity contribution in [1.29, 1.82) is 0 Å². The lowest BCUT2D eigenvalue weighted by Crippen LogP contribution is -2.60. The topological polar surface area (TPSA) is 485 Å². The van der Waals surface area contributed by atoms with Crippen molar-refractivity contribution in [2.75, 3.05) is 26.2 Å². The number of carbonyl (C=O) groups excluding carboxylic acids is 9. The van der Waals surface area contributed by atoms with E-state index in [4.69, 9.17) is 51.7 Å². The smallest absolute Gasteiger partial charge is 0.243 e. The molecule has 0 spiro atoms. The van der Waals surface area contributed by atoms with Crippen LogP contribution in [0.15, 0.2) is 69.7 Å². The number of carbonyl (C=O) groups is 9. The zero-order chi connectivity index (χ0) is 58.0. The Kier molecular flexibility index (Phi) is 25.6. The first-order chi connectivity index (χ1) is 37.6. The summed E-state index contributed by atoms with van der Waals surface area (Å²) in [7, 11) is 0. The lowest BCUT2D eigenvalue weighted by molar-refractivity contribution is -0.136. The maximum Gasteiger partial charge on any atom is 0.243 e. The third-order valence-corrected chi connectivity index (χ3v) is 12.7. The Balaban J connectivity index is 1.82. The molecular formula is C50H74ClN19O9. The first-order valence-corrected chi connectivity index (χ1v) is 26.1. The molecule has 79 heavy (non-hydrogen) atoms. The average Bonchev–Trinajstić information content (AvgIpc) is 3.81. The van der Waals surface area contributed by atoms with Crippen LogP contribution in [-0.4, -0.2) is 144 Å². The van der Waals surface area contributed by atoms with Gasteiger partial charge < -0.3 is 87.7 Å². The molecule has 1 saturated heterocycles. The molecule has 29 heteroatoms. The van der Waals surface area contributed by atoms with Gasteiger partial charge in [-0.1, -0.05) is 41.9 Å². The summed E-state index contributed by atoms with van der Waals surface area (Å²) in [5.74, 6) is -7.89. The minimum absolute atomic E-state index is 0.00313. The van der Waals surface area contributed by atoms with Crippen LogP contribution in [0.2, 0.25) is 5.02 Å². The molecule has 1 fully saturated rings. The summed E-state index contributed by atoms with van der Waals surface area (Å²) in [6.45, 7) is 1.29. The molecule has 1 aliphatic rings. The fourth-order valence-electron chi connectivity index (χ4n) is 8.49. The van der Waals surface area contributed by atoms with Gasteiger partial charge in [0.05, 0.1) is 0 Å². The highest BCUT2D eigenvalue weighted by atomic mass is 35.5. The third kappa shape index (κ3) is 22.4. The number of aromatic nitrogens is 1. The zero-order valence-corrected chi connectivity index (χ0v) is 44.7. The molecule has 1 aliphatic heterocycles. The molecule has 0 aliphatic carbocycles. The van der Waals surface area contributed by atoms with Crippen LogP contribution in [0.1, 0.15) is 82.3 Å². The normalized spacial score (nSPS) is 20.5. The number of fused-ring (bicyclic) bond motifs is 1. The van der Waals surface area contributed by atoms with Gasteiger partial charge in [-0.3, -0.25) is 58.1 Å². The number of benzene rings is 2. The van der Waals surface area contributed by atoms with Crippen molar-refractivity contribution in [3.63, 3.8) is 0 Å². The quantitative estimate of drug-likeness (QED) is 0.0295. The summed E-state index contributed by atoms with van der Waals surface area (Å²) in [6, 6.07) is 3.95. The minimum Gasteiger partial charge on any atom is -0.370 e. The first kappa shape index (κ1) is 62.8. The van der Waals surface area contributed by atoms with Crippen LogP contribution in [-0.2, 0) is 56.0 Å². The van der Waals surface area contributed by atoms with Gasteiger partial charge >= 0.3 is 0 Å². The van der Waals surface area contributed by atoms with E-state index in [1.165, 1.54) is 6.92 Å². The summed E-state index contributed by atoms with van der Waals surface area (Å²) >= 11 is 6.36. The number of guanidine groups is 3. The highest BCUT2D eigenvalue weighted by Crippen LogP contribution is 2.20. The number of aromatic amines is 1. The molecule has 4 rings (SSSR count). The number of primary amides is 1. The Morgan fingerprint density at radius 3 is 1.82 bits per heavy atom. The van der Waals surface area contributed by atoms with Crippen molar-refractivity contribution in [1.82, 2.24) is 47.5 Å². The molecule has 0 radical (unpaired) electrons. The Morgan fingerprint density at radius 2 is 1.23 bits per heavy atom. The standard InChI is InChI=1S/C50H74ClN19O9/c1-27(71)64-34(14-6-20-60-48(53)54)42(74)68-37-17-18-40(72)59-19-5-13-33(41(52)73)65-47(79)39(25-29-26-63-32-12-3-2-11-31(29)32)70-44(76)36(16-8-22-62-50(57)58)67-46(78)38(24-28-9-4-10-30(51)23-28)69-43(75)35(66-45(37)77)15-7-21-61-49(55)56/h2-4,9-12,23,26,33-39,63H,5-8,13-22,24-25H2,1H3,(H2,52,73)(H,59,72)(H,64,71)(H,65,79)(H,66,77)(H,67,78)(H,68,74)(H,69,75)(H,70,76)(H4,53,54,60)(H4,55,56,61)(H4,57,58,62)/t33-,34-,35-,36-,37-,38+,39-/m0/s1. The zero-order valence-electron chi connectivity index (χ0n) is 44.0. The number of nitrogens with zero attached hydrogens (tertiary/aromatic N) is 3. The Labute approximate surface area is 461 Å². The van der Waals surface area contributed by atoms with E-state index < -0.39 is 95.5 Å². The van der Waals surface area contributed by atoms with Crippen LogP contribution in [0.5, 0.6) is 0 Å². The van der Waals surface area contributed by atoms with Gasteiger partial charge in [-0.05, 0) is 87.1 Å². The number of nitrogens with one attached hydrogen (secondary N) is 9. The average molecular weight is 1120 g/mol. The maximum absolute atomic E-state index is 14.8. The molecule has 2 aromatic carbocycles. The van der Waals surface area contributed by atoms with Gasteiger partial charge in [0.25, 0.3) is 0 Å². The van der Waals surface area contributed by atoms with Crippen molar-refractivity contribution < 1.29 is 43.2 Å². The molecule has 23 N–H and O–H groups in total. The summed E-state index contributed by atoms with van der Waals surface area (Å²) in [5.41, 5.74) is 40.8. The van der Waals surface area contributed by atoms with Gasteiger partial charge in [0, 0.05) is 74.5 Å². The number of rotatable bonds is 20. The van der Waals surface area contributed by atoms with Crippen LogP contribution in [0.25, 0.3) is 10.9 Å². The van der Waals surface area contributed by atoms with Gasteiger partial charge in [0.15, 0.2) is 17.9 Å². The monoisotopic (exact) mass is 1120 g/mol. The summed E-state index contributed by atoms with van der Waals surface area (Å²) in [5, 5.41) is 22.4. The van der Waals surface area contributed by atoms with Crippen LogP contribution in [0.3, 0.4) is 0 Å². The number of halogens is 1.